The Kier molecular flexibility index (Phi) is 3.19. The Morgan fingerprint density at radius 1 is 1.15 bits per heavy atom. The molecule has 0 saturated carbocycles. The summed E-state index contributed by atoms with van der Waals surface area (Å²) in [6, 6.07) is 10.9. The molecule has 1 amide bonds. The van der Waals surface area contributed by atoms with Crippen LogP contribution in [0.15, 0.2) is 42.6 Å². The van der Waals surface area contributed by atoms with Crippen LogP contribution < -0.4 is 5.32 Å². The number of aromatic nitrogens is 1. The molecule has 0 spiro atoms. The number of benzene rings is 1. The molecule has 102 valence electrons. The lowest BCUT2D eigenvalue weighted by Crippen LogP contribution is -2.62. The number of hydrogen-bond acceptors (Lipinski definition) is 2. The summed E-state index contributed by atoms with van der Waals surface area (Å²) in [5.74, 6) is -0.000211. The van der Waals surface area contributed by atoms with Crippen LogP contribution >= 0.6 is 23.2 Å². The van der Waals surface area contributed by atoms with Gasteiger partial charge in [-0.05, 0) is 36.2 Å². The second kappa shape index (κ2) is 4.76. The Morgan fingerprint density at radius 3 is 2.40 bits per heavy atom. The Labute approximate surface area is 126 Å². The van der Waals surface area contributed by atoms with Crippen LogP contribution in [0.5, 0.6) is 0 Å². The van der Waals surface area contributed by atoms with E-state index in [1.54, 1.807) is 24.4 Å². The molecule has 0 bridgehead atoms. The normalized spacial score (nSPS) is 24.9. The first-order valence-corrected chi connectivity index (χ1v) is 6.96. The number of β-lactam (4-membered cyclic amide) rings is 1. The van der Waals surface area contributed by atoms with Gasteiger partial charge in [0.25, 0.3) is 0 Å². The van der Waals surface area contributed by atoms with Crippen LogP contribution in [-0.4, -0.2) is 10.9 Å². The van der Waals surface area contributed by atoms with Crippen LogP contribution in [0.2, 0.25) is 10.2 Å². The SMILES string of the molecule is C[C@@]1(c2ccc(Cl)cc2)C(=O)N[C@H]1c1ccc(Cl)nc1. The van der Waals surface area contributed by atoms with E-state index in [4.69, 9.17) is 23.2 Å². The predicted molar refractivity (Wildman–Crippen MR) is 78.9 cm³/mol. The molecule has 3 rings (SSSR count). The second-order valence-corrected chi connectivity index (χ2v) is 5.85. The quantitative estimate of drug-likeness (QED) is 0.681. The second-order valence-electron chi connectivity index (χ2n) is 5.03. The Bertz CT molecular complexity index is 655. The maximum absolute atomic E-state index is 12.1. The van der Waals surface area contributed by atoms with Gasteiger partial charge >= 0.3 is 0 Å². The number of pyridine rings is 1. The molecule has 1 aliphatic heterocycles. The van der Waals surface area contributed by atoms with E-state index in [-0.39, 0.29) is 11.9 Å². The van der Waals surface area contributed by atoms with Gasteiger partial charge in [-0.3, -0.25) is 4.79 Å². The van der Waals surface area contributed by atoms with Gasteiger partial charge in [-0.15, -0.1) is 0 Å². The van der Waals surface area contributed by atoms with Crippen LogP contribution in [0.3, 0.4) is 0 Å². The third kappa shape index (κ3) is 1.98. The molecule has 1 saturated heterocycles. The summed E-state index contributed by atoms with van der Waals surface area (Å²) >= 11 is 11.7. The first kappa shape index (κ1) is 13.4. The van der Waals surface area contributed by atoms with Gasteiger partial charge in [-0.2, -0.15) is 0 Å². The molecule has 1 aromatic carbocycles. The summed E-state index contributed by atoms with van der Waals surface area (Å²) in [6.45, 7) is 1.92. The summed E-state index contributed by atoms with van der Waals surface area (Å²) in [6.07, 6.45) is 1.70. The van der Waals surface area contributed by atoms with Crippen LogP contribution in [-0.2, 0) is 10.2 Å². The van der Waals surface area contributed by atoms with Crippen LogP contribution in [0.25, 0.3) is 0 Å². The van der Waals surface area contributed by atoms with Crippen molar-refractivity contribution in [3.8, 4) is 0 Å². The maximum Gasteiger partial charge on any atom is 0.233 e. The number of rotatable bonds is 2. The van der Waals surface area contributed by atoms with Crippen molar-refractivity contribution in [3.63, 3.8) is 0 Å². The Hall–Kier alpha value is -1.58. The maximum atomic E-state index is 12.1. The van der Waals surface area contributed by atoms with Crippen molar-refractivity contribution in [2.75, 3.05) is 0 Å². The highest BCUT2D eigenvalue weighted by molar-refractivity contribution is 6.30. The summed E-state index contributed by atoms with van der Waals surface area (Å²) in [5.41, 5.74) is 1.26. The Morgan fingerprint density at radius 2 is 1.85 bits per heavy atom. The van der Waals surface area contributed by atoms with Crippen molar-refractivity contribution in [2.24, 2.45) is 0 Å². The molecule has 2 aromatic rings. The molecular weight excluding hydrogens is 295 g/mol. The molecule has 2 heterocycles. The van der Waals surface area contributed by atoms with E-state index in [2.05, 4.69) is 10.3 Å². The van der Waals surface area contributed by atoms with Crippen LogP contribution in [0, 0.1) is 0 Å². The van der Waals surface area contributed by atoms with Crippen molar-refractivity contribution in [3.05, 3.63) is 63.9 Å². The van der Waals surface area contributed by atoms with Gasteiger partial charge < -0.3 is 5.32 Å². The summed E-state index contributed by atoms with van der Waals surface area (Å²) in [7, 11) is 0. The van der Waals surface area contributed by atoms with Crippen LogP contribution in [0.1, 0.15) is 24.1 Å². The third-order valence-corrected chi connectivity index (χ3v) is 4.33. The number of carbonyl (C=O) groups excluding carboxylic acids is 1. The largest absolute Gasteiger partial charge is 0.347 e. The zero-order valence-corrected chi connectivity index (χ0v) is 12.2. The van der Waals surface area contributed by atoms with Gasteiger partial charge in [0.15, 0.2) is 0 Å². The van der Waals surface area contributed by atoms with Gasteiger partial charge in [-0.25, -0.2) is 4.98 Å². The number of nitrogens with one attached hydrogen (secondary N) is 1. The average Bonchev–Trinajstić information content (AvgIpc) is 2.46. The monoisotopic (exact) mass is 306 g/mol. The fraction of sp³-hybridized carbons (Fsp3) is 0.200. The first-order valence-electron chi connectivity index (χ1n) is 6.20. The highest BCUT2D eigenvalue weighted by Gasteiger charge is 2.53. The minimum absolute atomic E-state index is 0.000211. The number of hydrogen-bond donors (Lipinski definition) is 1. The van der Waals surface area contributed by atoms with Crippen molar-refractivity contribution in [1.82, 2.24) is 10.3 Å². The minimum Gasteiger partial charge on any atom is -0.347 e. The molecule has 20 heavy (non-hydrogen) atoms. The third-order valence-electron chi connectivity index (χ3n) is 3.85. The molecule has 1 N–H and O–H groups in total. The zero-order chi connectivity index (χ0) is 14.3. The highest BCUT2D eigenvalue weighted by Crippen LogP contribution is 2.44. The van der Waals surface area contributed by atoms with Crippen molar-refractivity contribution >= 4 is 29.1 Å². The number of halogens is 2. The topological polar surface area (TPSA) is 42.0 Å². The predicted octanol–water partition coefficient (Wildman–Crippen LogP) is 3.52. The van der Waals surface area contributed by atoms with E-state index in [9.17, 15) is 4.79 Å². The number of carbonyl (C=O) groups is 1. The summed E-state index contributed by atoms with van der Waals surface area (Å²) < 4.78 is 0. The molecule has 0 unspecified atom stereocenters. The molecule has 5 heteroatoms. The lowest BCUT2D eigenvalue weighted by atomic mass is 9.67. The van der Waals surface area contributed by atoms with E-state index in [0.29, 0.717) is 10.2 Å². The molecule has 0 radical (unpaired) electrons. The van der Waals surface area contributed by atoms with Crippen molar-refractivity contribution in [1.29, 1.82) is 0 Å². The minimum atomic E-state index is -0.611. The standard InChI is InChI=1S/C15H12Cl2N2O/c1-15(10-3-5-11(16)6-4-10)13(19-14(15)20)9-2-7-12(17)18-8-9/h2-8,13H,1H3,(H,19,20)/t13-,15-/m0/s1. The van der Waals surface area contributed by atoms with Gasteiger partial charge in [0.2, 0.25) is 5.91 Å². The molecule has 1 aliphatic rings. The Balaban J connectivity index is 1.99. The smallest absolute Gasteiger partial charge is 0.233 e. The van der Waals surface area contributed by atoms with Gasteiger partial charge in [0.05, 0.1) is 11.5 Å². The molecule has 3 nitrogen and oxygen atoms in total. The van der Waals surface area contributed by atoms with Crippen LogP contribution in [0.4, 0.5) is 0 Å². The fourth-order valence-corrected chi connectivity index (χ4v) is 2.79. The zero-order valence-electron chi connectivity index (χ0n) is 10.7. The van der Waals surface area contributed by atoms with Gasteiger partial charge in [0.1, 0.15) is 5.15 Å². The molecule has 1 aromatic heterocycles. The van der Waals surface area contributed by atoms with E-state index < -0.39 is 5.41 Å². The average molecular weight is 307 g/mol. The van der Waals surface area contributed by atoms with Crippen molar-refractivity contribution in [2.45, 2.75) is 18.4 Å². The lowest BCUT2D eigenvalue weighted by molar-refractivity contribution is -0.137. The molecular formula is C15H12Cl2N2O. The van der Waals surface area contributed by atoms with E-state index >= 15 is 0 Å². The fourth-order valence-electron chi connectivity index (χ4n) is 2.55. The molecule has 0 aliphatic carbocycles. The number of amides is 1. The van der Waals surface area contributed by atoms with E-state index in [0.717, 1.165) is 11.1 Å². The van der Waals surface area contributed by atoms with Gasteiger partial charge in [0, 0.05) is 11.2 Å². The molecule has 2 atom stereocenters. The highest BCUT2D eigenvalue weighted by atomic mass is 35.5. The summed E-state index contributed by atoms with van der Waals surface area (Å²) in [4.78, 5) is 16.2. The van der Waals surface area contributed by atoms with E-state index in [1.165, 1.54) is 0 Å². The molecule has 1 fully saturated rings. The summed E-state index contributed by atoms with van der Waals surface area (Å²) in [5, 5.41) is 4.02. The van der Waals surface area contributed by atoms with E-state index in [1.807, 2.05) is 25.1 Å². The van der Waals surface area contributed by atoms with Gasteiger partial charge in [-0.1, -0.05) is 41.4 Å². The lowest BCUT2D eigenvalue weighted by Gasteiger charge is -2.46. The first-order chi connectivity index (χ1) is 9.51. The van der Waals surface area contributed by atoms with Crippen molar-refractivity contribution < 1.29 is 4.79 Å². The number of nitrogens with zero attached hydrogens (tertiary/aromatic N) is 1.